The maximum Gasteiger partial charge on any atom is 0.150 e. The van der Waals surface area contributed by atoms with E-state index < -0.39 is 0 Å². The van der Waals surface area contributed by atoms with Gasteiger partial charge in [0.1, 0.15) is 22.7 Å². The van der Waals surface area contributed by atoms with Gasteiger partial charge in [-0.2, -0.15) is 0 Å². The van der Waals surface area contributed by atoms with Crippen LogP contribution in [0.5, 0.6) is 0 Å². The quantitative estimate of drug-likeness (QED) is 0.607. The lowest BCUT2D eigenvalue weighted by atomic mass is 10.1. The van der Waals surface area contributed by atoms with Crippen molar-refractivity contribution >= 4 is 33.4 Å². The van der Waals surface area contributed by atoms with Gasteiger partial charge in [0.25, 0.3) is 0 Å². The topological polar surface area (TPSA) is 74.1 Å². The molecular weight excluding hydrogens is 348 g/mol. The Kier molecular flexibility index (Phi) is 5.67. The Labute approximate surface area is 167 Å². The molecule has 3 N–H and O–H groups in total. The molecule has 0 radical (unpaired) electrons. The molecule has 4 rings (SSSR count). The number of pyridine rings is 1. The Bertz CT molecular complexity index is 939. The molecule has 0 atom stereocenters. The summed E-state index contributed by atoms with van der Waals surface area (Å²) in [6.45, 7) is 10.1. The number of aromatic amines is 1. The minimum absolute atomic E-state index is 0.540. The van der Waals surface area contributed by atoms with Crippen LogP contribution in [0, 0.1) is 0 Å². The lowest BCUT2D eigenvalue weighted by molar-refractivity contribution is 0.258. The van der Waals surface area contributed by atoms with Crippen LogP contribution in [-0.2, 0) is 6.42 Å². The molecule has 3 aromatic rings. The summed E-state index contributed by atoms with van der Waals surface area (Å²) >= 11 is 0. The fraction of sp³-hybridized carbons (Fsp3) is 0.545. The van der Waals surface area contributed by atoms with Crippen LogP contribution >= 0.6 is 0 Å². The molecule has 1 aliphatic rings. The first-order valence-electron chi connectivity index (χ1n) is 10.7. The number of hydrogen-bond acceptors (Lipinski definition) is 5. The fourth-order valence-corrected chi connectivity index (χ4v) is 4.20. The number of nitrogens with two attached hydrogens (primary N) is 1. The normalized spacial score (nSPS) is 15.7. The first-order valence-corrected chi connectivity index (χ1v) is 10.7. The third-order valence-corrected chi connectivity index (χ3v) is 5.78. The Morgan fingerprint density at radius 1 is 1.04 bits per heavy atom. The van der Waals surface area contributed by atoms with Gasteiger partial charge >= 0.3 is 0 Å². The molecule has 6 heteroatoms. The first-order chi connectivity index (χ1) is 13.7. The number of nitrogen functional groups attached to an aromatic ring is 1. The highest BCUT2D eigenvalue weighted by molar-refractivity contribution is 6.07. The molecule has 28 heavy (non-hydrogen) atoms. The molecule has 1 aromatic carbocycles. The van der Waals surface area contributed by atoms with E-state index in [1.165, 1.54) is 31.5 Å². The number of anilines is 2. The number of H-pyrrole nitrogens is 1. The average molecular weight is 381 g/mol. The summed E-state index contributed by atoms with van der Waals surface area (Å²) in [6.07, 6.45) is 5.76. The van der Waals surface area contributed by atoms with E-state index in [2.05, 4.69) is 51.8 Å². The van der Waals surface area contributed by atoms with E-state index in [0.29, 0.717) is 5.82 Å². The van der Waals surface area contributed by atoms with Crippen molar-refractivity contribution in [1.82, 2.24) is 19.9 Å². The van der Waals surface area contributed by atoms with Gasteiger partial charge in [0.15, 0.2) is 0 Å². The van der Waals surface area contributed by atoms with Gasteiger partial charge < -0.3 is 15.6 Å². The number of imidazole rings is 1. The standard InChI is InChI=1S/C22H32N6/c1-3-5-6-7-19-25-20-17-15-16(28-13-11-27(10-4-2)12-14-28)8-9-18(17)24-22(23)21(20)26-19/h8-9,15H,3-7,10-14H2,1-2H3,(H2,23,24)(H,25,26). The van der Waals surface area contributed by atoms with E-state index in [4.69, 9.17) is 10.7 Å². The molecule has 2 aromatic heterocycles. The SMILES string of the molecule is CCCCCc1nc2c([nH]1)c(N)nc1ccc(N3CCN(CCC)CC3)cc12. The Balaban J connectivity index is 1.64. The van der Waals surface area contributed by atoms with Crippen LogP contribution in [0.4, 0.5) is 11.5 Å². The third-order valence-electron chi connectivity index (χ3n) is 5.78. The number of aromatic nitrogens is 3. The van der Waals surface area contributed by atoms with Crippen molar-refractivity contribution in [3.63, 3.8) is 0 Å². The van der Waals surface area contributed by atoms with Gasteiger partial charge in [-0.15, -0.1) is 0 Å². The molecule has 0 aliphatic carbocycles. The van der Waals surface area contributed by atoms with Crippen molar-refractivity contribution in [3.8, 4) is 0 Å². The van der Waals surface area contributed by atoms with Crippen LogP contribution in [0.3, 0.4) is 0 Å². The minimum Gasteiger partial charge on any atom is -0.382 e. The number of benzene rings is 1. The molecule has 0 spiro atoms. The zero-order valence-electron chi connectivity index (χ0n) is 17.2. The molecular formula is C22H32N6. The van der Waals surface area contributed by atoms with E-state index in [1.54, 1.807) is 0 Å². The van der Waals surface area contributed by atoms with Gasteiger partial charge in [-0.25, -0.2) is 9.97 Å². The van der Waals surface area contributed by atoms with Crippen LogP contribution in [0.25, 0.3) is 21.9 Å². The van der Waals surface area contributed by atoms with Crippen molar-refractivity contribution in [2.45, 2.75) is 46.0 Å². The van der Waals surface area contributed by atoms with Crippen molar-refractivity contribution in [2.24, 2.45) is 0 Å². The summed E-state index contributed by atoms with van der Waals surface area (Å²) in [7, 11) is 0. The summed E-state index contributed by atoms with van der Waals surface area (Å²) in [6, 6.07) is 6.51. The van der Waals surface area contributed by atoms with Gasteiger partial charge in [0.05, 0.1) is 5.52 Å². The Hall–Kier alpha value is -2.34. The van der Waals surface area contributed by atoms with E-state index in [-0.39, 0.29) is 0 Å². The molecule has 1 fully saturated rings. The van der Waals surface area contributed by atoms with Crippen LogP contribution in [0.1, 0.15) is 45.4 Å². The highest BCUT2D eigenvalue weighted by atomic mass is 15.3. The summed E-state index contributed by atoms with van der Waals surface area (Å²) < 4.78 is 0. The van der Waals surface area contributed by atoms with Gasteiger partial charge in [0, 0.05) is 43.7 Å². The monoisotopic (exact) mass is 380 g/mol. The van der Waals surface area contributed by atoms with Crippen LogP contribution < -0.4 is 10.6 Å². The van der Waals surface area contributed by atoms with Gasteiger partial charge in [0.2, 0.25) is 0 Å². The number of hydrogen-bond donors (Lipinski definition) is 2. The molecule has 0 amide bonds. The summed E-state index contributed by atoms with van der Waals surface area (Å²) in [5, 5.41) is 1.09. The van der Waals surface area contributed by atoms with Gasteiger partial charge in [-0.3, -0.25) is 4.90 Å². The number of aryl methyl sites for hydroxylation is 1. The number of nitrogens with zero attached hydrogens (tertiary/aromatic N) is 4. The summed E-state index contributed by atoms with van der Waals surface area (Å²) in [5.41, 5.74) is 10.2. The maximum absolute atomic E-state index is 6.22. The number of unbranched alkanes of at least 4 members (excludes halogenated alkanes) is 2. The second-order valence-corrected chi connectivity index (χ2v) is 7.89. The lowest BCUT2D eigenvalue weighted by Crippen LogP contribution is -2.46. The van der Waals surface area contributed by atoms with Crippen LogP contribution in [0.15, 0.2) is 18.2 Å². The molecule has 3 heterocycles. The highest BCUT2D eigenvalue weighted by Gasteiger charge is 2.18. The largest absolute Gasteiger partial charge is 0.382 e. The molecule has 0 unspecified atom stereocenters. The van der Waals surface area contributed by atoms with E-state index >= 15 is 0 Å². The van der Waals surface area contributed by atoms with Crippen LogP contribution in [0.2, 0.25) is 0 Å². The third kappa shape index (κ3) is 3.78. The van der Waals surface area contributed by atoms with E-state index in [9.17, 15) is 0 Å². The fourth-order valence-electron chi connectivity index (χ4n) is 4.20. The van der Waals surface area contributed by atoms with Crippen molar-refractivity contribution in [2.75, 3.05) is 43.4 Å². The molecule has 1 saturated heterocycles. The molecule has 0 saturated carbocycles. The zero-order chi connectivity index (χ0) is 19.5. The Morgan fingerprint density at radius 2 is 1.86 bits per heavy atom. The number of rotatable bonds is 7. The Morgan fingerprint density at radius 3 is 2.61 bits per heavy atom. The maximum atomic E-state index is 6.22. The smallest absolute Gasteiger partial charge is 0.150 e. The lowest BCUT2D eigenvalue weighted by Gasteiger charge is -2.36. The molecule has 150 valence electrons. The van der Waals surface area contributed by atoms with Gasteiger partial charge in [-0.1, -0.05) is 26.7 Å². The predicted molar refractivity (Wildman–Crippen MR) is 118 cm³/mol. The number of piperazine rings is 1. The summed E-state index contributed by atoms with van der Waals surface area (Å²) in [4.78, 5) is 17.9. The average Bonchev–Trinajstić information content (AvgIpc) is 3.14. The van der Waals surface area contributed by atoms with E-state index in [0.717, 1.165) is 66.8 Å². The molecule has 6 nitrogen and oxygen atoms in total. The van der Waals surface area contributed by atoms with Crippen LogP contribution in [-0.4, -0.2) is 52.6 Å². The molecule has 0 bridgehead atoms. The number of nitrogens with one attached hydrogen (secondary N) is 1. The van der Waals surface area contributed by atoms with E-state index in [1.807, 2.05) is 0 Å². The zero-order valence-corrected chi connectivity index (χ0v) is 17.2. The second kappa shape index (κ2) is 8.35. The minimum atomic E-state index is 0.540. The first kappa shape index (κ1) is 19.0. The highest BCUT2D eigenvalue weighted by Crippen LogP contribution is 2.30. The molecule has 1 aliphatic heterocycles. The summed E-state index contributed by atoms with van der Waals surface area (Å²) in [5.74, 6) is 1.56. The number of fused-ring (bicyclic) bond motifs is 3. The van der Waals surface area contributed by atoms with Crippen molar-refractivity contribution in [3.05, 3.63) is 24.0 Å². The predicted octanol–water partition coefficient (Wildman–Crippen LogP) is 3.96. The van der Waals surface area contributed by atoms with Crippen molar-refractivity contribution in [1.29, 1.82) is 0 Å². The second-order valence-electron chi connectivity index (χ2n) is 7.89. The van der Waals surface area contributed by atoms with Gasteiger partial charge in [-0.05, 0) is 37.6 Å². The van der Waals surface area contributed by atoms with Crippen molar-refractivity contribution < 1.29 is 0 Å².